The average molecular weight is 259 g/mol. The van der Waals surface area contributed by atoms with E-state index in [0.29, 0.717) is 16.6 Å². The van der Waals surface area contributed by atoms with Crippen molar-refractivity contribution in [2.75, 3.05) is 0 Å². The fourth-order valence-electron chi connectivity index (χ4n) is 3.04. The van der Waals surface area contributed by atoms with Gasteiger partial charge in [-0.1, -0.05) is 53.5 Å². The maximum absolute atomic E-state index is 4.31. The molecule has 1 aromatic rings. The van der Waals surface area contributed by atoms with Crippen LogP contribution in [-0.2, 0) is 0 Å². The van der Waals surface area contributed by atoms with Gasteiger partial charge in [-0.3, -0.25) is 0 Å². The third-order valence-corrected chi connectivity index (χ3v) is 10.2. The maximum Gasteiger partial charge on any atom is 0.146 e. The Kier molecular flexibility index (Phi) is 5.16. The predicted molar refractivity (Wildman–Crippen MR) is 82.2 cm³/mol. The first-order valence-electron chi connectivity index (χ1n) is 6.85. The molecule has 0 spiro atoms. The van der Waals surface area contributed by atoms with Gasteiger partial charge in [-0.05, 0) is 28.8 Å². The molecule has 0 atom stereocenters. The van der Waals surface area contributed by atoms with E-state index in [-0.39, 0.29) is 0 Å². The minimum Gasteiger partial charge on any atom is -0.248 e. The molecule has 0 N–H and O–H groups in total. The van der Waals surface area contributed by atoms with Crippen LogP contribution in [0.4, 0.5) is 0 Å². The van der Waals surface area contributed by atoms with Gasteiger partial charge in [-0.25, -0.2) is 4.98 Å². The van der Waals surface area contributed by atoms with Gasteiger partial charge in [0.25, 0.3) is 0 Å². The third kappa shape index (κ3) is 3.03. The van der Waals surface area contributed by atoms with Crippen molar-refractivity contribution >= 4 is 8.07 Å². The minimum absolute atomic E-state index is 0.675. The maximum atomic E-state index is 4.31. The molecular weight excluding hydrogens is 234 g/mol. The molecule has 1 heterocycles. The summed E-state index contributed by atoms with van der Waals surface area (Å²) in [4.78, 5) is 4.31. The van der Waals surface area contributed by atoms with Crippen LogP contribution in [0.5, 0.6) is 0 Å². The van der Waals surface area contributed by atoms with E-state index in [4.69, 9.17) is 0 Å². The Hall–Kier alpha value is -1.07. The summed E-state index contributed by atoms with van der Waals surface area (Å²) in [5, 5.41) is 0. The Balaban J connectivity index is 3.18. The molecule has 18 heavy (non-hydrogen) atoms. The number of aromatic nitrogens is 1. The molecule has 98 valence electrons. The molecule has 1 nitrogen and oxygen atoms in total. The SMILES string of the molecule is CC(C)[Si](C#Cc1ccccn1)(C(C)C)C(C)C. The fraction of sp³-hybridized carbons (Fsp3) is 0.562. The Morgan fingerprint density at radius 1 is 0.944 bits per heavy atom. The van der Waals surface area contributed by atoms with Crippen molar-refractivity contribution in [1.82, 2.24) is 4.98 Å². The lowest BCUT2D eigenvalue weighted by Crippen LogP contribution is -2.43. The normalized spacial score (nSPS) is 11.8. The monoisotopic (exact) mass is 259 g/mol. The van der Waals surface area contributed by atoms with Crippen molar-refractivity contribution in [3.8, 4) is 11.5 Å². The summed E-state index contributed by atoms with van der Waals surface area (Å²) in [5.41, 5.74) is 6.60. The zero-order valence-electron chi connectivity index (χ0n) is 12.5. The molecule has 0 bridgehead atoms. The standard InChI is InChI=1S/C16H25NSi/c1-13(2)18(14(3)4,15(5)6)12-10-16-9-7-8-11-17-16/h7-9,11,13-15H,1-6H3. The van der Waals surface area contributed by atoms with Gasteiger partial charge in [0.1, 0.15) is 13.8 Å². The Labute approximate surface area is 113 Å². The van der Waals surface area contributed by atoms with Crippen molar-refractivity contribution in [2.24, 2.45) is 0 Å². The quantitative estimate of drug-likeness (QED) is 0.569. The minimum atomic E-state index is -1.61. The summed E-state index contributed by atoms with van der Waals surface area (Å²) in [6, 6.07) is 5.93. The van der Waals surface area contributed by atoms with Gasteiger partial charge in [0.05, 0.1) is 0 Å². The van der Waals surface area contributed by atoms with Crippen LogP contribution in [0.15, 0.2) is 24.4 Å². The first kappa shape index (κ1) is 15.0. The molecule has 0 amide bonds. The van der Waals surface area contributed by atoms with Gasteiger partial charge in [0.2, 0.25) is 0 Å². The van der Waals surface area contributed by atoms with Crippen molar-refractivity contribution < 1.29 is 0 Å². The molecule has 2 heteroatoms. The highest BCUT2D eigenvalue weighted by molar-refractivity contribution is 6.90. The van der Waals surface area contributed by atoms with Gasteiger partial charge in [-0.2, -0.15) is 0 Å². The van der Waals surface area contributed by atoms with Crippen LogP contribution in [0.1, 0.15) is 47.2 Å². The second kappa shape index (κ2) is 6.20. The van der Waals surface area contributed by atoms with E-state index in [1.807, 2.05) is 24.4 Å². The van der Waals surface area contributed by atoms with Crippen molar-refractivity contribution in [2.45, 2.75) is 58.2 Å². The van der Waals surface area contributed by atoms with E-state index in [0.717, 1.165) is 5.69 Å². The van der Waals surface area contributed by atoms with E-state index >= 15 is 0 Å². The molecule has 0 unspecified atom stereocenters. The number of nitrogens with zero attached hydrogens (tertiary/aromatic N) is 1. The first-order valence-corrected chi connectivity index (χ1v) is 9.08. The number of hydrogen-bond acceptors (Lipinski definition) is 1. The van der Waals surface area contributed by atoms with Crippen LogP contribution >= 0.6 is 0 Å². The summed E-state index contributed by atoms with van der Waals surface area (Å²) < 4.78 is 0. The van der Waals surface area contributed by atoms with Crippen molar-refractivity contribution in [3.63, 3.8) is 0 Å². The average Bonchev–Trinajstić information content (AvgIpc) is 2.29. The largest absolute Gasteiger partial charge is 0.248 e. The zero-order valence-corrected chi connectivity index (χ0v) is 13.5. The van der Waals surface area contributed by atoms with E-state index in [1.54, 1.807) is 0 Å². The lowest BCUT2D eigenvalue weighted by molar-refractivity contribution is 0.838. The summed E-state index contributed by atoms with van der Waals surface area (Å²) >= 11 is 0. The number of pyridine rings is 1. The Morgan fingerprint density at radius 3 is 1.89 bits per heavy atom. The van der Waals surface area contributed by atoms with Crippen LogP contribution in [0, 0.1) is 11.5 Å². The summed E-state index contributed by atoms with van der Waals surface area (Å²) in [6.45, 7) is 14.0. The smallest absolute Gasteiger partial charge is 0.146 e. The van der Waals surface area contributed by atoms with Crippen LogP contribution in [-0.4, -0.2) is 13.1 Å². The lowest BCUT2D eigenvalue weighted by Gasteiger charge is -2.38. The van der Waals surface area contributed by atoms with Gasteiger partial charge in [0.15, 0.2) is 0 Å². The van der Waals surface area contributed by atoms with Crippen LogP contribution in [0.3, 0.4) is 0 Å². The highest BCUT2D eigenvalue weighted by atomic mass is 28.3. The number of rotatable bonds is 3. The molecule has 0 saturated carbocycles. The van der Waals surface area contributed by atoms with Gasteiger partial charge in [-0.15, -0.1) is 5.54 Å². The summed E-state index contributed by atoms with van der Waals surface area (Å²) in [6.07, 6.45) is 1.81. The highest BCUT2D eigenvalue weighted by Gasteiger charge is 2.41. The second-order valence-electron chi connectivity index (χ2n) is 5.86. The molecule has 0 radical (unpaired) electrons. The molecule has 0 aliphatic carbocycles. The van der Waals surface area contributed by atoms with Crippen molar-refractivity contribution in [1.29, 1.82) is 0 Å². The fourth-order valence-corrected chi connectivity index (χ4v) is 8.25. The molecule has 0 fully saturated rings. The van der Waals surface area contributed by atoms with Crippen LogP contribution in [0.25, 0.3) is 0 Å². The van der Waals surface area contributed by atoms with Crippen LogP contribution in [0.2, 0.25) is 16.6 Å². The molecule has 0 aliphatic rings. The topological polar surface area (TPSA) is 12.9 Å². The Bertz CT molecular complexity index is 402. The zero-order chi connectivity index (χ0) is 13.8. The molecule has 1 rings (SSSR count). The van der Waals surface area contributed by atoms with Gasteiger partial charge >= 0.3 is 0 Å². The highest BCUT2D eigenvalue weighted by Crippen LogP contribution is 2.40. The molecule has 1 aromatic heterocycles. The van der Waals surface area contributed by atoms with Crippen LogP contribution < -0.4 is 0 Å². The van der Waals surface area contributed by atoms with Crippen molar-refractivity contribution in [3.05, 3.63) is 30.1 Å². The third-order valence-electron chi connectivity index (χ3n) is 3.94. The summed E-state index contributed by atoms with van der Waals surface area (Å²) in [5.74, 6) is 3.33. The van der Waals surface area contributed by atoms with E-state index in [9.17, 15) is 0 Å². The van der Waals surface area contributed by atoms with Gasteiger partial charge < -0.3 is 0 Å². The molecular formula is C16H25NSi. The Morgan fingerprint density at radius 2 is 1.50 bits per heavy atom. The number of hydrogen-bond donors (Lipinski definition) is 0. The van der Waals surface area contributed by atoms with Gasteiger partial charge in [0, 0.05) is 6.20 Å². The molecule has 0 aliphatic heterocycles. The van der Waals surface area contributed by atoms with E-state index in [2.05, 4.69) is 58.0 Å². The molecule has 0 saturated heterocycles. The second-order valence-corrected chi connectivity index (χ2v) is 11.4. The van der Waals surface area contributed by atoms with E-state index in [1.165, 1.54) is 0 Å². The first-order chi connectivity index (χ1) is 8.41. The summed E-state index contributed by atoms with van der Waals surface area (Å²) in [7, 11) is -1.61. The lowest BCUT2D eigenvalue weighted by atomic mass is 10.4. The van der Waals surface area contributed by atoms with E-state index < -0.39 is 8.07 Å². The molecule has 0 aromatic carbocycles. The predicted octanol–water partition coefficient (Wildman–Crippen LogP) is 4.65.